The Labute approximate surface area is 114 Å². The smallest absolute Gasteiger partial charge is 0.321 e. The van der Waals surface area contributed by atoms with Gasteiger partial charge in [0.1, 0.15) is 0 Å². The zero-order valence-corrected chi connectivity index (χ0v) is 11.7. The summed E-state index contributed by atoms with van der Waals surface area (Å²) >= 11 is 0. The predicted octanol–water partition coefficient (Wildman–Crippen LogP) is 0.175. The van der Waals surface area contributed by atoms with E-state index in [1.54, 1.807) is 0 Å². The molecule has 6 heteroatoms. The molecule has 2 aliphatic rings. The summed E-state index contributed by atoms with van der Waals surface area (Å²) in [5, 5.41) is 4.97. The van der Waals surface area contributed by atoms with Gasteiger partial charge >= 0.3 is 6.03 Å². The normalized spacial score (nSPS) is 31.8. The van der Waals surface area contributed by atoms with Gasteiger partial charge in [-0.2, -0.15) is 0 Å². The topological polar surface area (TPSA) is 87.5 Å². The fourth-order valence-electron chi connectivity index (χ4n) is 3.44. The molecule has 6 nitrogen and oxygen atoms in total. The number of amides is 3. The number of nitrogens with two attached hydrogens (primary N) is 1. The lowest BCUT2D eigenvalue weighted by Crippen LogP contribution is -2.57. The molecular formula is C13H24N4O2. The second-order valence-corrected chi connectivity index (χ2v) is 5.59. The first-order valence-electron chi connectivity index (χ1n) is 7.14. The van der Waals surface area contributed by atoms with Crippen LogP contribution in [0.25, 0.3) is 0 Å². The van der Waals surface area contributed by atoms with E-state index < -0.39 is 6.03 Å². The van der Waals surface area contributed by atoms with Crippen LogP contribution in [0, 0.1) is 0 Å². The van der Waals surface area contributed by atoms with Gasteiger partial charge < -0.3 is 11.1 Å². The van der Waals surface area contributed by atoms with Crippen molar-refractivity contribution in [1.29, 1.82) is 0 Å². The summed E-state index contributed by atoms with van der Waals surface area (Å²) in [5.41, 5.74) is 6.02. The number of rotatable bonds is 3. The third kappa shape index (κ3) is 3.06. The Morgan fingerprint density at radius 1 is 1.32 bits per heavy atom. The third-order valence-electron chi connectivity index (χ3n) is 4.23. The van der Waals surface area contributed by atoms with Crippen LogP contribution in [-0.2, 0) is 4.79 Å². The van der Waals surface area contributed by atoms with E-state index in [0.717, 1.165) is 25.7 Å². The number of hydrogen-bond acceptors (Lipinski definition) is 4. The van der Waals surface area contributed by atoms with Crippen LogP contribution < -0.4 is 16.4 Å². The van der Waals surface area contributed by atoms with Gasteiger partial charge in [0, 0.05) is 24.7 Å². The van der Waals surface area contributed by atoms with E-state index >= 15 is 0 Å². The minimum atomic E-state index is -0.416. The zero-order valence-electron chi connectivity index (χ0n) is 11.7. The summed E-state index contributed by atoms with van der Waals surface area (Å²) in [6, 6.07) is 0.355. The van der Waals surface area contributed by atoms with Crippen molar-refractivity contribution in [3.63, 3.8) is 0 Å². The van der Waals surface area contributed by atoms with E-state index in [4.69, 9.17) is 5.73 Å². The summed E-state index contributed by atoms with van der Waals surface area (Å²) in [7, 11) is 0. The number of nitrogens with one attached hydrogen (secondary N) is 2. The fourth-order valence-corrected chi connectivity index (χ4v) is 3.44. The van der Waals surface area contributed by atoms with Gasteiger partial charge in [-0.1, -0.05) is 0 Å². The Morgan fingerprint density at radius 2 is 1.89 bits per heavy atom. The highest BCUT2D eigenvalue weighted by atomic mass is 16.2. The lowest BCUT2D eigenvalue weighted by molar-refractivity contribution is -0.126. The Balaban J connectivity index is 1.94. The van der Waals surface area contributed by atoms with Crippen molar-refractivity contribution < 1.29 is 9.59 Å². The van der Waals surface area contributed by atoms with Crippen LogP contribution in [0.3, 0.4) is 0 Å². The average Bonchev–Trinajstić information content (AvgIpc) is 2.60. The van der Waals surface area contributed by atoms with Crippen molar-refractivity contribution in [3.8, 4) is 0 Å². The fraction of sp³-hybridized carbons (Fsp3) is 0.846. The van der Waals surface area contributed by atoms with Gasteiger partial charge in [0.25, 0.3) is 0 Å². The van der Waals surface area contributed by atoms with Crippen molar-refractivity contribution in [1.82, 2.24) is 15.5 Å². The molecule has 0 spiro atoms. The minimum Gasteiger partial charge on any atom is -0.338 e. The summed E-state index contributed by atoms with van der Waals surface area (Å²) in [6.07, 6.45) is 4.12. The first-order chi connectivity index (χ1) is 9.02. The Kier molecular flexibility index (Phi) is 4.42. The highest BCUT2D eigenvalue weighted by Crippen LogP contribution is 2.36. The van der Waals surface area contributed by atoms with Crippen molar-refractivity contribution in [3.05, 3.63) is 0 Å². The number of imide groups is 1. The van der Waals surface area contributed by atoms with Crippen molar-refractivity contribution >= 4 is 11.9 Å². The maximum absolute atomic E-state index is 12.1. The Morgan fingerprint density at radius 3 is 2.42 bits per heavy atom. The zero-order chi connectivity index (χ0) is 14.0. The lowest BCUT2D eigenvalue weighted by atomic mass is 9.96. The molecule has 0 aromatic carbocycles. The van der Waals surface area contributed by atoms with E-state index in [9.17, 15) is 9.59 Å². The number of carbonyl (C=O) groups excluding carboxylic acids is 2. The molecule has 0 aromatic heterocycles. The summed E-state index contributed by atoms with van der Waals surface area (Å²) in [5.74, 6) is -0.224. The third-order valence-corrected chi connectivity index (χ3v) is 4.23. The van der Waals surface area contributed by atoms with Crippen LogP contribution >= 0.6 is 0 Å². The number of urea groups is 1. The first-order valence-corrected chi connectivity index (χ1v) is 7.14. The van der Waals surface area contributed by atoms with E-state index in [2.05, 4.69) is 15.5 Å². The maximum Gasteiger partial charge on any atom is 0.321 e. The molecule has 2 fully saturated rings. The molecule has 0 aliphatic carbocycles. The van der Waals surface area contributed by atoms with Crippen molar-refractivity contribution in [2.24, 2.45) is 5.73 Å². The molecule has 2 rings (SSSR count). The molecule has 2 saturated heterocycles. The second kappa shape index (κ2) is 5.88. The van der Waals surface area contributed by atoms with E-state index in [1.165, 1.54) is 0 Å². The summed E-state index contributed by atoms with van der Waals surface area (Å²) in [4.78, 5) is 25.7. The number of piperidine rings is 1. The first kappa shape index (κ1) is 14.3. The summed E-state index contributed by atoms with van der Waals surface area (Å²) < 4.78 is 0. The van der Waals surface area contributed by atoms with Crippen molar-refractivity contribution in [2.45, 2.75) is 63.7 Å². The SMILES string of the molecule is CCNC(=O)NC(=O)C(C)N1C2CCC1CC(N)C2. The average molecular weight is 268 g/mol. The van der Waals surface area contributed by atoms with Crippen LogP contribution in [0.4, 0.5) is 4.79 Å². The quantitative estimate of drug-likeness (QED) is 0.681. The van der Waals surface area contributed by atoms with Gasteiger partial charge in [-0.15, -0.1) is 0 Å². The molecule has 3 atom stereocenters. The molecule has 0 radical (unpaired) electrons. The van der Waals surface area contributed by atoms with Crippen LogP contribution in [0.15, 0.2) is 0 Å². The second-order valence-electron chi connectivity index (χ2n) is 5.59. The highest BCUT2D eigenvalue weighted by Gasteiger charge is 2.43. The molecule has 0 aromatic rings. The molecule has 3 amide bonds. The Hall–Kier alpha value is -1.14. The van der Waals surface area contributed by atoms with Crippen LogP contribution in [0.1, 0.15) is 39.5 Å². The molecule has 3 unspecified atom stereocenters. The van der Waals surface area contributed by atoms with Crippen LogP contribution in [-0.4, -0.2) is 47.6 Å². The molecule has 19 heavy (non-hydrogen) atoms. The highest BCUT2D eigenvalue weighted by molar-refractivity contribution is 5.96. The largest absolute Gasteiger partial charge is 0.338 e. The monoisotopic (exact) mass is 268 g/mol. The van der Waals surface area contributed by atoms with Crippen LogP contribution in [0.5, 0.6) is 0 Å². The van der Waals surface area contributed by atoms with Gasteiger partial charge in [-0.05, 0) is 39.5 Å². The number of carbonyl (C=O) groups is 2. The maximum atomic E-state index is 12.1. The summed E-state index contributed by atoms with van der Waals surface area (Å²) in [6.45, 7) is 4.20. The van der Waals surface area contributed by atoms with Crippen molar-refractivity contribution in [2.75, 3.05) is 6.54 Å². The van der Waals surface area contributed by atoms with Gasteiger partial charge in [0.05, 0.1) is 6.04 Å². The molecule has 2 aliphatic heterocycles. The number of hydrogen-bond donors (Lipinski definition) is 3. The molecule has 0 saturated carbocycles. The Bertz CT molecular complexity index is 347. The minimum absolute atomic E-state index is 0.224. The van der Waals surface area contributed by atoms with E-state index in [0.29, 0.717) is 18.6 Å². The van der Waals surface area contributed by atoms with Gasteiger partial charge in [0.15, 0.2) is 0 Å². The van der Waals surface area contributed by atoms with E-state index in [1.807, 2.05) is 13.8 Å². The molecule has 108 valence electrons. The molecule has 4 N–H and O–H groups in total. The van der Waals surface area contributed by atoms with Gasteiger partial charge in [0.2, 0.25) is 5.91 Å². The molecule has 2 bridgehead atoms. The molecular weight excluding hydrogens is 244 g/mol. The number of fused-ring (bicyclic) bond motifs is 2. The standard InChI is InChI=1S/C13H24N4O2/c1-3-15-13(19)16-12(18)8(2)17-10-4-5-11(17)7-9(14)6-10/h8-11H,3-7,14H2,1-2H3,(H2,15,16,18,19). The van der Waals surface area contributed by atoms with Crippen LogP contribution in [0.2, 0.25) is 0 Å². The van der Waals surface area contributed by atoms with Gasteiger partial charge in [-0.25, -0.2) is 4.79 Å². The number of nitrogens with zero attached hydrogens (tertiary/aromatic N) is 1. The van der Waals surface area contributed by atoms with E-state index in [-0.39, 0.29) is 18.0 Å². The van der Waals surface area contributed by atoms with Gasteiger partial charge in [-0.3, -0.25) is 15.0 Å². The lowest BCUT2D eigenvalue weighted by Gasteiger charge is -2.40. The molecule has 2 heterocycles. The predicted molar refractivity (Wildman–Crippen MR) is 72.5 cm³/mol.